The molecule has 55 heavy (non-hydrogen) atoms. The van der Waals surface area contributed by atoms with Crippen LogP contribution in [0.2, 0.25) is 0 Å². The van der Waals surface area contributed by atoms with Crippen LogP contribution in [0.1, 0.15) is 48.5 Å². The molecule has 0 bridgehead atoms. The third-order valence-corrected chi connectivity index (χ3v) is 9.28. The van der Waals surface area contributed by atoms with Gasteiger partial charge in [-0.2, -0.15) is 0 Å². The summed E-state index contributed by atoms with van der Waals surface area (Å²) in [6.07, 6.45) is -21.8. The van der Waals surface area contributed by atoms with Gasteiger partial charge in [-0.15, -0.1) is 0 Å². The molecule has 2 heterocycles. The Labute approximate surface area is 355 Å². The SMILES string of the molecule is CC(=O)O[C@@H]1[C@@H](OC(C)=O)[C@H](C(O)[C@H]2O[C@@H](C(C)=O)[C@@](O)(C(C)=O)[C@](O)(C(C)=O)[C@@]2(O)C(C)=O)O[C@H](C(Oc2ccccc2)OP(=O)(O)O)[C@H]1OC(C)=O.[KH]. The summed E-state index contributed by atoms with van der Waals surface area (Å²) in [5.74, 6) is -9.85. The van der Waals surface area contributed by atoms with Crippen molar-refractivity contribution in [2.45, 2.75) is 120 Å². The first-order valence-corrected chi connectivity index (χ1v) is 17.5. The Bertz CT molecular complexity index is 1700. The van der Waals surface area contributed by atoms with Gasteiger partial charge in [-0.25, -0.2) is 9.09 Å². The molecule has 302 valence electrons. The molecule has 0 amide bonds. The van der Waals surface area contributed by atoms with Gasteiger partial charge in [0.15, 0.2) is 70.5 Å². The molecule has 0 aliphatic carbocycles. The third kappa shape index (κ3) is 9.67. The predicted octanol–water partition coefficient (Wildman–Crippen LogP) is -2.91. The number of carbonyl (C=O) groups is 7. The molecule has 0 radical (unpaired) electrons. The Morgan fingerprint density at radius 1 is 0.691 bits per heavy atom. The maximum atomic E-state index is 13.4. The third-order valence-electron chi connectivity index (χ3n) is 8.80. The van der Waals surface area contributed by atoms with E-state index in [1.165, 1.54) is 30.3 Å². The molecule has 23 heteroatoms. The summed E-state index contributed by atoms with van der Waals surface area (Å²) in [4.78, 5) is 110. The normalized spacial score (nSPS) is 33.1. The number of aliphatic hydroxyl groups excluding tert-OH is 1. The second kappa shape index (κ2) is 18.5. The van der Waals surface area contributed by atoms with Gasteiger partial charge >= 0.3 is 77.1 Å². The van der Waals surface area contributed by atoms with Crippen LogP contribution in [0.3, 0.4) is 0 Å². The molecule has 2 fully saturated rings. The van der Waals surface area contributed by atoms with E-state index in [9.17, 15) is 68.3 Å². The number of rotatable bonds is 14. The second-order valence-electron chi connectivity index (χ2n) is 12.6. The van der Waals surface area contributed by atoms with Crippen molar-refractivity contribution in [3.8, 4) is 5.75 Å². The molecular weight excluding hydrogens is 790 g/mol. The molecule has 0 spiro atoms. The number of ketones is 4. The number of Topliss-reactive ketones (excluding diaryl/α,β-unsaturated/α-hetero) is 4. The maximum absolute atomic E-state index is 13.4. The number of phosphoric acid groups is 1. The first kappa shape index (κ1) is 48.8. The Morgan fingerprint density at radius 3 is 1.55 bits per heavy atom. The van der Waals surface area contributed by atoms with E-state index in [0.29, 0.717) is 20.8 Å². The number of hydrogen-bond acceptors (Lipinski definition) is 19. The van der Waals surface area contributed by atoms with Crippen molar-refractivity contribution >= 4 is 100 Å². The summed E-state index contributed by atoms with van der Waals surface area (Å²) in [6, 6.07) is 6.93. The quantitative estimate of drug-likeness (QED) is 0.0360. The molecular formula is C32H42KO21P. The van der Waals surface area contributed by atoms with E-state index < -0.39 is 121 Å². The first-order chi connectivity index (χ1) is 24.7. The van der Waals surface area contributed by atoms with Gasteiger partial charge in [-0.1, -0.05) is 18.2 Å². The van der Waals surface area contributed by atoms with Crippen molar-refractivity contribution in [2.75, 3.05) is 0 Å². The van der Waals surface area contributed by atoms with Gasteiger partial charge in [0.1, 0.15) is 24.1 Å². The molecule has 1 aromatic rings. The zero-order valence-corrected chi connectivity index (χ0v) is 30.7. The Hall–Kier alpha value is -2.38. The molecule has 2 saturated heterocycles. The van der Waals surface area contributed by atoms with Crippen LogP contribution in [0, 0.1) is 0 Å². The molecule has 2 unspecified atom stereocenters. The van der Waals surface area contributed by atoms with Crippen molar-refractivity contribution in [1.29, 1.82) is 0 Å². The Morgan fingerprint density at radius 2 is 1.15 bits per heavy atom. The number of aliphatic hydroxyl groups is 4. The molecule has 3 rings (SSSR count). The average molecular weight is 833 g/mol. The van der Waals surface area contributed by atoms with E-state index in [-0.39, 0.29) is 57.1 Å². The average Bonchev–Trinajstić information content (AvgIpc) is 3.03. The van der Waals surface area contributed by atoms with Crippen molar-refractivity contribution < 1.29 is 101 Å². The van der Waals surface area contributed by atoms with Gasteiger partial charge in [0, 0.05) is 20.8 Å². The standard InChI is InChI=1S/C32H41O21P.K.H/c1-13(33)27-30(41,14(2)34)32(43,16(4)36)31(42,15(3)35)28(52-27)21(40)22-23(47-17(5)37)24(48-18(6)38)25(49-19(7)39)26(51-22)29(53-54(44,45)46)50-20-11-9-8-10-12-20;;/h8-12,21-29,40-43H,1-7H3,(H2,44,45,46);;/t21?,22-,23-,24+,25-,26-,27-,28+,29?,30-,31+,32+;;/m0../s1. The van der Waals surface area contributed by atoms with E-state index in [1.807, 2.05) is 0 Å². The van der Waals surface area contributed by atoms with Gasteiger partial charge in [0.2, 0.25) is 6.29 Å². The summed E-state index contributed by atoms with van der Waals surface area (Å²) in [5, 5.41) is 47.6. The van der Waals surface area contributed by atoms with Crippen LogP contribution in [0.15, 0.2) is 30.3 Å². The van der Waals surface area contributed by atoms with E-state index in [0.717, 1.165) is 27.7 Å². The predicted molar refractivity (Wildman–Crippen MR) is 179 cm³/mol. The van der Waals surface area contributed by atoms with Crippen LogP contribution in [0.4, 0.5) is 0 Å². The summed E-state index contributed by atoms with van der Waals surface area (Å²) in [6.45, 7) is 4.91. The summed E-state index contributed by atoms with van der Waals surface area (Å²) in [7, 11) is -5.62. The van der Waals surface area contributed by atoms with Gasteiger partial charge in [0.25, 0.3) is 0 Å². The van der Waals surface area contributed by atoms with E-state index in [1.54, 1.807) is 0 Å². The number of carbonyl (C=O) groups excluding carboxylic acids is 7. The van der Waals surface area contributed by atoms with E-state index >= 15 is 0 Å². The number of phosphoric ester groups is 1. The van der Waals surface area contributed by atoms with Gasteiger partial charge in [-0.3, -0.25) is 33.6 Å². The monoisotopic (exact) mass is 832 g/mol. The first-order valence-electron chi connectivity index (χ1n) is 15.9. The van der Waals surface area contributed by atoms with Crippen molar-refractivity contribution in [2.24, 2.45) is 0 Å². The van der Waals surface area contributed by atoms with Crippen LogP contribution in [0.25, 0.3) is 0 Å². The minimum absolute atomic E-state index is 0. The van der Waals surface area contributed by atoms with Crippen LogP contribution in [-0.2, 0) is 66.3 Å². The molecule has 12 atom stereocenters. The van der Waals surface area contributed by atoms with Crippen molar-refractivity contribution in [1.82, 2.24) is 0 Å². The van der Waals surface area contributed by atoms with Crippen LogP contribution in [-0.4, -0.2) is 195 Å². The van der Waals surface area contributed by atoms with E-state index in [2.05, 4.69) is 0 Å². The number of esters is 3. The number of ether oxygens (including phenoxy) is 6. The Balaban J connectivity index is 0.0000105. The fraction of sp³-hybridized carbons (Fsp3) is 0.594. The fourth-order valence-corrected chi connectivity index (χ4v) is 7.07. The number of hydrogen-bond donors (Lipinski definition) is 6. The summed E-state index contributed by atoms with van der Waals surface area (Å²) >= 11 is 0. The topological polar surface area (TPSA) is 323 Å². The molecule has 2 aliphatic heterocycles. The molecule has 1 aromatic carbocycles. The van der Waals surface area contributed by atoms with Gasteiger partial charge < -0.3 is 58.6 Å². The minimum atomic E-state index is -5.62. The van der Waals surface area contributed by atoms with E-state index in [4.69, 9.17) is 32.9 Å². The zero-order chi connectivity index (χ0) is 41.3. The van der Waals surface area contributed by atoms with Gasteiger partial charge in [0.05, 0.1) is 0 Å². The molecule has 0 aromatic heterocycles. The molecule has 6 N–H and O–H groups in total. The van der Waals surface area contributed by atoms with Crippen LogP contribution >= 0.6 is 7.82 Å². The summed E-state index contributed by atoms with van der Waals surface area (Å²) < 4.78 is 50.2. The summed E-state index contributed by atoms with van der Waals surface area (Å²) in [5.41, 5.74) is -11.5. The van der Waals surface area contributed by atoms with Crippen LogP contribution < -0.4 is 4.74 Å². The molecule has 2 aliphatic rings. The number of benzene rings is 1. The molecule has 0 saturated carbocycles. The Kier molecular flexibility index (Phi) is 16.4. The molecule has 21 nitrogen and oxygen atoms in total. The second-order valence-corrected chi connectivity index (χ2v) is 13.8. The van der Waals surface area contributed by atoms with Gasteiger partial charge in [-0.05, 0) is 39.8 Å². The van der Waals surface area contributed by atoms with Crippen molar-refractivity contribution in [3.05, 3.63) is 30.3 Å². The van der Waals surface area contributed by atoms with Crippen molar-refractivity contribution in [3.63, 3.8) is 0 Å². The zero-order valence-electron chi connectivity index (χ0n) is 29.8. The number of para-hydroxylation sites is 1. The fourth-order valence-electron chi connectivity index (χ4n) is 6.64. The van der Waals surface area contributed by atoms with Crippen LogP contribution in [0.5, 0.6) is 5.75 Å².